The molecule has 1 aliphatic carbocycles. The Morgan fingerprint density at radius 3 is 2.58 bits per heavy atom. The summed E-state index contributed by atoms with van der Waals surface area (Å²) in [4.78, 5) is 22.0. The molecule has 1 aliphatic heterocycles. The second kappa shape index (κ2) is 12.4. The maximum atomic E-state index is 12.8. The molecule has 2 heterocycles. The first kappa shape index (κ1) is 27.7. The van der Waals surface area contributed by atoms with E-state index in [0.717, 1.165) is 55.9 Å². The fourth-order valence-corrected chi connectivity index (χ4v) is 4.82. The molecule has 0 amide bonds. The summed E-state index contributed by atoms with van der Waals surface area (Å²) < 4.78 is 10.7. The van der Waals surface area contributed by atoms with E-state index in [4.69, 9.17) is 19.9 Å². The van der Waals surface area contributed by atoms with Crippen LogP contribution in [0.15, 0.2) is 29.6 Å². The number of esters is 1. The van der Waals surface area contributed by atoms with Gasteiger partial charge in [-0.3, -0.25) is 0 Å². The molecule has 8 nitrogen and oxygen atoms in total. The number of piperidine rings is 1. The number of nitrogens with one attached hydrogen (secondary N) is 2. The molecule has 198 valence electrons. The lowest BCUT2D eigenvalue weighted by Crippen LogP contribution is -2.36. The zero-order chi connectivity index (χ0) is 26.4. The van der Waals surface area contributed by atoms with Crippen LogP contribution >= 0.6 is 0 Å². The normalized spacial score (nSPS) is 18.6. The molecule has 36 heavy (non-hydrogen) atoms. The van der Waals surface area contributed by atoms with Crippen molar-refractivity contribution in [3.8, 4) is 0 Å². The third-order valence-corrected chi connectivity index (χ3v) is 6.84. The Hall–Kier alpha value is -2.87. The minimum atomic E-state index is -0.450. The first-order chi connectivity index (χ1) is 17.1. The molecule has 2 N–H and O–H groups in total. The van der Waals surface area contributed by atoms with E-state index in [1.165, 1.54) is 5.70 Å². The zero-order valence-corrected chi connectivity index (χ0v) is 23.0. The van der Waals surface area contributed by atoms with Crippen LogP contribution in [0.4, 0.5) is 11.5 Å². The average Bonchev–Trinajstić information content (AvgIpc) is 2.83. The molecule has 1 fully saturated rings. The van der Waals surface area contributed by atoms with Gasteiger partial charge < -0.3 is 30.0 Å². The Bertz CT molecular complexity index is 1010. The Morgan fingerprint density at radius 1 is 1.31 bits per heavy atom. The largest absolute Gasteiger partial charge is 0.461 e. The summed E-state index contributed by atoms with van der Waals surface area (Å²) in [6.07, 6.45) is 7.27. The van der Waals surface area contributed by atoms with Crippen LogP contribution in [0.3, 0.4) is 0 Å². The molecule has 0 radical (unpaired) electrons. The molecule has 8 heteroatoms. The summed E-state index contributed by atoms with van der Waals surface area (Å²) in [7, 11) is 5.84. The van der Waals surface area contributed by atoms with Crippen LogP contribution in [0.2, 0.25) is 0 Å². The molecular weight excluding hydrogens is 454 g/mol. The first-order valence-corrected chi connectivity index (χ1v) is 13.1. The minimum Gasteiger partial charge on any atom is -0.461 e. The van der Waals surface area contributed by atoms with Gasteiger partial charge in [0, 0.05) is 58.0 Å². The Morgan fingerprint density at radius 2 is 2.00 bits per heavy atom. The molecule has 0 aromatic carbocycles. The van der Waals surface area contributed by atoms with E-state index < -0.39 is 5.97 Å². The summed E-state index contributed by atoms with van der Waals surface area (Å²) in [5.41, 5.74) is 4.52. The highest BCUT2D eigenvalue weighted by Gasteiger charge is 2.28. The highest BCUT2D eigenvalue weighted by atomic mass is 16.5. The lowest BCUT2D eigenvalue weighted by Gasteiger charge is -2.35. The number of hydrogen-bond acceptors (Lipinski definition) is 8. The maximum Gasteiger partial charge on any atom is 0.357 e. The third-order valence-electron chi connectivity index (χ3n) is 6.84. The van der Waals surface area contributed by atoms with E-state index in [0.29, 0.717) is 23.4 Å². The number of hydrogen-bond donors (Lipinski definition) is 2. The van der Waals surface area contributed by atoms with E-state index in [9.17, 15) is 4.79 Å². The van der Waals surface area contributed by atoms with Crippen LogP contribution in [-0.4, -0.2) is 69.1 Å². The molecule has 1 aromatic rings. The molecule has 0 bridgehead atoms. The zero-order valence-electron chi connectivity index (χ0n) is 23.0. The Balaban J connectivity index is 2.11. The van der Waals surface area contributed by atoms with Crippen molar-refractivity contribution in [3.05, 3.63) is 40.9 Å². The lowest BCUT2D eigenvalue weighted by atomic mass is 9.93. The van der Waals surface area contributed by atoms with Crippen molar-refractivity contribution in [2.75, 3.05) is 57.7 Å². The average molecular weight is 498 g/mol. The van der Waals surface area contributed by atoms with Gasteiger partial charge in [-0.15, -0.1) is 0 Å². The molecule has 1 saturated heterocycles. The number of carbonyl (C=O) groups is 1. The molecule has 1 aromatic heterocycles. The van der Waals surface area contributed by atoms with Crippen molar-refractivity contribution in [1.29, 1.82) is 5.41 Å². The van der Waals surface area contributed by atoms with Gasteiger partial charge in [0.05, 0.1) is 17.9 Å². The first-order valence-electron chi connectivity index (χ1n) is 13.1. The Kier molecular flexibility index (Phi) is 9.54. The number of carbonyl (C=O) groups excluding carboxylic acids is 1. The SMILES string of the molecule is CCOC(=O)c1cc(N2CCC(COC)CC2)c(C(=N)C(C)C)c(NC2=CC(C)CC(N(C)C)=C2)n1. The quantitative estimate of drug-likeness (QED) is 0.350. The number of aromatic nitrogens is 1. The van der Waals surface area contributed by atoms with Gasteiger partial charge in [-0.1, -0.05) is 26.8 Å². The number of ether oxygens (including phenoxy) is 2. The molecule has 2 aliphatic rings. The summed E-state index contributed by atoms with van der Waals surface area (Å²) >= 11 is 0. The molecule has 0 saturated carbocycles. The van der Waals surface area contributed by atoms with Gasteiger partial charge in [0.2, 0.25) is 0 Å². The second-order valence-corrected chi connectivity index (χ2v) is 10.4. The Labute approximate surface area is 216 Å². The topological polar surface area (TPSA) is 90.8 Å². The van der Waals surface area contributed by atoms with Crippen LogP contribution in [0.5, 0.6) is 0 Å². The summed E-state index contributed by atoms with van der Waals surface area (Å²) in [6.45, 7) is 10.7. The van der Waals surface area contributed by atoms with E-state index >= 15 is 0 Å². The van der Waals surface area contributed by atoms with Crippen molar-refractivity contribution in [3.63, 3.8) is 0 Å². The lowest BCUT2D eigenvalue weighted by molar-refractivity contribution is 0.0519. The molecule has 1 unspecified atom stereocenters. The van der Waals surface area contributed by atoms with Crippen LogP contribution in [0, 0.1) is 23.2 Å². The van der Waals surface area contributed by atoms with Crippen molar-refractivity contribution in [2.24, 2.45) is 17.8 Å². The van der Waals surface area contributed by atoms with E-state index in [1.54, 1.807) is 14.0 Å². The highest BCUT2D eigenvalue weighted by Crippen LogP contribution is 2.35. The number of methoxy groups -OCH3 is 1. The van der Waals surface area contributed by atoms with Gasteiger partial charge in [0.15, 0.2) is 5.69 Å². The highest BCUT2D eigenvalue weighted by molar-refractivity contribution is 6.09. The molecular formula is C28H43N5O3. The predicted molar refractivity (Wildman–Crippen MR) is 146 cm³/mol. The van der Waals surface area contributed by atoms with Crippen LogP contribution in [0.1, 0.15) is 63.0 Å². The van der Waals surface area contributed by atoms with Crippen LogP contribution < -0.4 is 10.2 Å². The fourth-order valence-electron chi connectivity index (χ4n) is 4.82. The molecule has 0 spiro atoms. The fraction of sp³-hybridized carbons (Fsp3) is 0.607. The number of allylic oxidation sites excluding steroid dienone is 3. The van der Waals surface area contributed by atoms with E-state index in [-0.39, 0.29) is 18.2 Å². The van der Waals surface area contributed by atoms with Gasteiger partial charge >= 0.3 is 5.97 Å². The van der Waals surface area contributed by atoms with Gasteiger partial charge in [-0.05, 0) is 56.1 Å². The van der Waals surface area contributed by atoms with Crippen LogP contribution in [-0.2, 0) is 9.47 Å². The van der Waals surface area contributed by atoms with Crippen molar-refractivity contribution in [1.82, 2.24) is 9.88 Å². The van der Waals surface area contributed by atoms with Gasteiger partial charge in [0.1, 0.15) is 5.82 Å². The van der Waals surface area contributed by atoms with Gasteiger partial charge in [0.25, 0.3) is 0 Å². The summed E-state index contributed by atoms with van der Waals surface area (Å²) in [6, 6.07) is 1.81. The smallest absolute Gasteiger partial charge is 0.357 e. The van der Waals surface area contributed by atoms with E-state index in [2.05, 4.69) is 34.2 Å². The van der Waals surface area contributed by atoms with Crippen molar-refractivity contribution in [2.45, 2.75) is 47.0 Å². The van der Waals surface area contributed by atoms with Gasteiger partial charge in [-0.2, -0.15) is 0 Å². The van der Waals surface area contributed by atoms with Crippen molar-refractivity contribution >= 4 is 23.2 Å². The monoisotopic (exact) mass is 497 g/mol. The van der Waals surface area contributed by atoms with Crippen molar-refractivity contribution < 1.29 is 14.3 Å². The minimum absolute atomic E-state index is 0.00212. The number of nitrogens with zero attached hydrogens (tertiary/aromatic N) is 3. The third kappa shape index (κ3) is 6.66. The number of anilines is 2. The van der Waals surface area contributed by atoms with Gasteiger partial charge in [-0.25, -0.2) is 9.78 Å². The molecule has 3 rings (SSSR count). The predicted octanol–water partition coefficient (Wildman–Crippen LogP) is 4.93. The van der Waals surface area contributed by atoms with Crippen LogP contribution in [0.25, 0.3) is 0 Å². The summed E-state index contributed by atoms with van der Waals surface area (Å²) in [5, 5.41) is 12.5. The standard InChI is InChI=1S/C28H43N5O3/c1-8-36-28(34)23-16-24(33-11-9-20(10-12-33)17-35-7)25(26(29)18(2)3)27(31-23)30-21-13-19(4)14-22(15-21)32(5)6/h13,15-16,18-20,29H,8-12,14,17H2,1-7H3,(H,30,31). The number of pyridine rings is 1. The van der Waals surface area contributed by atoms with E-state index in [1.807, 2.05) is 34.0 Å². The maximum absolute atomic E-state index is 12.8. The number of rotatable bonds is 10. The molecule has 1 atom stereocenters. The second-order valence-electron chi connectivity index (χ2n) is 10.4. The summed E-state index contributed by atoms with van der Waals surface area (Å²) in [5.74, 6) is 0.956.